The van der Waals surface area contributed by atoms with Crippen LogP contribution in [0.1, 0.15) is 36.5 Å². The average Bonchev–Trinajstić information content (AvgIpc) is 2.43. The Hall–Kier alpha value is -1.26. The molecule has 1 aromatic rings. The van der Waals surface area contributed by atoms with Crippen molar-refractivity contribution in [2.75, 3.05) is 25.0 Å². The Morgan fingerprint density at radius 1 is 1.45 bits per heavy atom. The fourth-order valence-corrected chi connectivity index (χ4v) is 2.80. The number of halogens is 1. The zero-order valence-electron chi connectivity index (χ0n) is 11.9. The van der Waals surface area contributed by atoms with Gasteiger partial charge in [0.05, 0.1) is 10.7 Å². The number of rotatable bonds is 5. The van der Waals surface area contributed by atoms with Crippen molar-refractivity contribution in [3.8, 4) is 0 Å². The number of primary amides is 1. The average molecular weight is 296 g/mol. The molecule has 2 rings (SSSR count). The lowest BCUT2D eigenvalue weighted by atomic mass is 10.0. The first-order valence-corrected chi connectivity index (χ1v) is 7.56. The SMILES string of the molecule is CCCN1CCC(Nc2cc(C(N)=O)ccc2Cl)CC1. The lowest BCUT2D eigenvalue weighted by molar-refractivity contribution is 0.100. The van der Waals surface area contributed by atoms with Gasteiger partial charge in [0, 0.05) is 24.7 Å². The van der Waals surface area contributed by atoms with Gasteiger partial charge in [0.15, 0.2) is 0 Å². The normalized spacial score (nSPS) is 17.1. The van der Waals surface area contributed by atoms with Crippen LogP contribution in [0.15, 0.2) is 18.2 Å². The monoisotopic (exact) mass is 295 g/mol. The summed E-state index contributed by atoms with van der Waals surface area (Å²) in [5.74, 6) is -0.428. The molecule has 110 valence electrons. The summed E-state index contributed by atoms with van der Waals surface area (Å²) in [6, 6.07) is 5.52. The molecule has 1 saturated heterocycles. The van der Waals surface area contributed by atoms with Crippen LogP contribution in [-0.4, -0.2) is 36.5 Å². The van der Waals surface area contributed by atoms with E-state index in [2.05, 4.69) is 17.1 Å². The highest BCUT2D eigenvalue weighted by Gasteiger charge is 2.19. The number of hydrogen-bond donors (Lipinski definition) is 2. The number of likely N-dealkylation sites (tertiary alicyclic amines) is 1. The first-order valence-electron chi connectivity index (χ1n) is 7.18. The van der Waals surface area contributed by atoms with Gasteiger partial charge in [0.2, 0.25) is 5.91 Å². The van der Waals surface area contributed by atoms with Crippen molar-refractivity contribution in [1.82, 2.24) is 4.90 Å². The maximum absolute atomic E-state index is 11.2. The van der Waals surface area contributed by atoms with Gasteiger partial charge in [-0.1, -0.05) is 18.5 Å². The van der Waals surface area contributed by atoms with Crippen LogP contribution in [-0.2, 0) is 0 Å². The van der Waals surface area contributed by atoms with Gasteiger partial charge in [-0.25, -0.2) is 0 Å². The molecule has 1 aliphatic heterocycles. The summed E-state index contributed by atoms with van der Waals surface area (Å²) < 4.78 is 0. The maximum atomic E-state index is 11.2. The van der Waals surface area contributed by atoms with Crippen LogP contribution in [0.2, 0.25) is 5.02 Å². The van der Waals surface area contributed by atoms with E-state index in [4.69, 9.17) is 17.3 Å². The minimum atomic E-state index is -0.428. The number of nitrogens with zero attached hydrogens (tertiary/aromatic N) is 1. The molecule has 0 aromatic heterocycles. The van der Waals surface area contributed by atoms with E-state index >= 15 is 0 Å². The molecule has 5 heteroatoms. The fraction of sp³-hybridized carbons (Fsp3) is 0.533. The van der Waals surface area contributed by atoms with E-state index in [-0.39, 0.29) is 0 Å². The molecule has 0 aliphatic carbocycles. The first-order chi connectivity index (χ1) is 9.60. The van der Waals surface area contributed by atoms with Crippen LogP contribution in [0.5, 0.6) is 0 Å². The number of nitrogens with two attached hydrogens (primary N) is 1. The molecule has 1 amide bonds. The van der Waals surface area contributed by atoms with Crippen LogP contribution in [0.25, 0.3) is 0 Å². The highest BCUT2D eigenvalue weighted by atomic mass is 35.5. The number of anilines is 1. The summed E-state index contributed by atoms with van der Waals surface area (Å²) in [4.78, 5) is 13.7. The van der Waals surface area contributed by atoms with E-state index in [0.717, 1.165) is 31.6 Å². The molecule has 0 unspecified atom stereocenters. The zero-order chi connectivity index (χ0) is 14.5. The van der Waals surface area contributed by atoms with Crippen LogP contribution in [0.3, 0.4) is 0 Å². The van der Waals surface area contributed by atoms with E-state index in [1.54, 1.807) is 18.2 Å². The summed E-state index contributed by atoms with van der Waals surface area (Å²) in [5, 5.41) is 4.07. The Balaban J connectivity index is 1.97. The second-order valence-corrected chi connectivity index (χ2v) is 5.73. The Kier molecular flexibility index (Phi) is 5.26. The number of carbonyl (C=O) groups is 1. The third-order valence-corrected chi connectivity index (χ3v) is 4.07. The highest BCUT2D eigenvalue weighted by Crippen LogP contribution is 2.25. The minimum absolute atomic E-state index is 0.406. The molecule has 0 spiro atoms. The molecule has 0 atom stereocenters. The van der Waals surface area contributed by atoms with Crippen molar-refractivity contribution in [3.63, 3.8) is 0 Å². The van der Waals surface area contributed by atoms with Crippen LogP contribution in [0.4, 0.5) is 5.69 Å². The van der Waals surface area contributed by atoms with Crippen LogP contribution in [0, 0.1) is 0 Å². The molecular formula is C15H22ClN3O. The van der Waals surface area contributed by atoms with E-state index < -0.39 is 5.91 Å². The second-order valence-electron chi connectivity index (χ2n) is 5.32. The molecule has 1 fully saturated rings. The van der Waals surface area contributed by atoms with Crippen molar-refractivity contribution in [2.45, 2.75) is 32.2 Å². The van der Waals surface area contributed by atoms with Crippen molar-refractivity contribution in [2.24, 2.45) is 5.73 Å². The Bertz CT molecular complexity index is 470. The highest BCUT2D eigenvalue weighted by molar-refractivity contribution is 6.33. The topological polar surface area (TPSA) is 58.4 Å². The largest absolute Gasteiger partial charge is 0.381 e. The lowest BCUT2D eigenvalue weighted by Gasteiger charge is -2.32. The van der Waals surface area contributed by atoms with Gasteiger partial charge in [-0.3, -0.25) is 4.79 Å². The van der Waals surface area contributed by atoms with Crippen molar-refractivity contribution >= 4 is 23.2 Å². The Labute approximate surface area is 125 Å². The minimum Gasteiger partial charge on any atom is -0.381 e. The van der Waals surface area contributed by atoms with Crippen molar-refractivity contribution in [3.05, 3.63) is 28.8 Å². The number of benzene rings is 1. The fourth-order valence-electron chi connectivity index (χ4n) is 2.63. The molecule has 20 heavy (non-hydrogen) atoms. The number of amides is 1. The summed E-state index contributed by atoms with van der Waals surface area (Å²) in [7, 11) is 0. The molecular weight excluding hydrogens is 274 g/mol. The number of hydrogen-bond acceptors (Lipinski definition) is 3. The van der Waals surface area contributed by atoms with Gasteiger partial charge in [-0.15, -0.1) is 0 Å². The molecule has 0 radical (unpaired) electrons. The summed E-state index contributed by atoms with van der Waals surface area (Å²) in [6.07, 6.45) is 3.39. The Morgan fingerprint density at radius 2 is 2.15 bits per heavy atom. The number of piperidine rings is 1. The standard InChI is InChI=1S/C15H22ClN3O/c1-2-7-19-8-5-12(6-9-19)18-14-10-11(15(17)20)3-4-13(14)16/h3-4,10,12,18H,2,5-9H2,1H3,(H2,17,20). The molecule has 3 N–H and O–H groups in total. The first kappa shape index (κ1) is 15.1. The van der Waals surface area contributed by atoms with Gasteiger partial charge >= 0.3 is 0 Å². The van der Waals surface area contributed by atoms with Gasteiger partial charge in [-0.2, -0.15) is 0 Å². The van der Waals surface area contributed by atoms with Crippen LogP contribution < -0.4 is 11.1 Å². The molecule has 0 saturated carbocycles. The van der Waals surface area contributed by atoms with Crippen LogP contribution >= 0.6 is 11.6 Å². The Morgan fingerprint density at radius 3 is 2.75 bits per heavy atom. The third kappa shape index (κ3) is 3.87. The van der Waals surface area contributed by atoms with E-state index in [1.165, 1.54) is 13.0 Å². The van der Waals surface area contributed by atoms with E-state index in [0.29, 0.717) is 16.6 Å². The van der Waals surface area contributed by atoms with Crippen molar-refractivity contribution < 1.29 is 4.79 Å². The number of carbonyl (C=O) groups excluding carboxylic acids is 1. The van der Waals surface area contributed by atoms with Gasteiger partial charge < -0.3 is 16.0 Å². The number of nitrogens with one attached hydrogen (secondary N) is 1. The van der Waals surface area contributed by atoms with Crippen molar-refractivity contribution in [1.29, 1.82) is 0 Å². The molecule has 4 nitrogen and oxygen atoms in total. The summed E-state index contributed by atoms with van der Waals surface area (Å²) in [6.45, 7) is 5.60. The van der Waals surface area contributed by atoms with Gasteiger partial charge in [0.25, 0.3) is 0 Å². The second kappa shape index (κ2) is 6.95. The predicted octanol–water partition coefficient (Wildman–Crippen LogP) is 2.73. The summed E-state index contributed by atoms with van der Waals surface area (Å²) in [5.41, 5.74) is 6.59. The van der Waals surface area contributed by atoms with Gasteiger partial charge in [0.1, 0.15) is 0 Å². The molecule has 0 bridgehead atoms. The third-order valence-electron chi connectivity index (χ3n) is 3.74. The summed E-state index contributed by atoms with van der Waals surface area (Å²) >= 11 is 6.17. The zero-order valence-corrected chi connectivity index (χ0v) is 12.6. The molecule has 1 aliphatic rings. The smallest absolute Gasteiger partial charge is 0.248 e. The van der Waals surface area contributed by atoms with Gasteiger partial charge in [-0.05, 0) is 44.0 Å². The van der Waals surface area contributed by atoms with E-state index in [1.807, 2.05) is 0 Å². The lowest BCUT2D eigenvalue weighted by Crippen LogP contribution is -2.39. The molecule has 1 heterocycles. The molecule has 1 aromatic carbocycles. The quantitative estimate of drug-likeness (QED) is 0.878. The maximum Gasteiger partial charge on any atom is 0.248 e. The van der Waals surface area contributed by atoms with E-state index in [9.17, 15) is 4.79 Å². The predicted molar refractivity (Wildman–Crippen MR) is 83.3 cm³/mol.